The van der Waals surface area contributed by atoms with Gasteiger partial charge in [-0.2, -0.15) is 10.4 Å². The van der Waals surface area contributed by atoms with Crippen molar-refractivity contribution >= 4 is 21.8 Å². The van der Waals surface area contributed by atoms with E-state index in [9.17, 15) is 4.79 Å². The monoisotopic (exact) mass is 410 g/mol. The smallest absolute Gasteiger partial charge is 0.269 e. The molecule has 26 heavy (non-hydrogen) atoms. The predicted octanol–water partition coefficient (Wildman–Crippen LogP) is 3.67. The maximum absolute atomic E-state index is 12.3. The third kappa shape index (κ3) is 4.49. The first-order valence-corrected chi connectivity index (χ1v) is 8.63. The van der Waals surface area contributed by atoms with E-state index in [0.29, 0.717) is 23.7 Å². The summed E-state index contributed by atoms with van der Waals surface area (Å²) in [6.45, 7) is 0.331. The van der Waals surface area contributed by atoms with Gasteiger partial charge >= 0.3 is 0 Å². The van der Waals surface area contributed by atoms with Gasteiger partial charge in [0, 0.05) is 16.6 Å². The molecule has 0 aliphatic carbocycles. The van der Waals surface area contributed by atoms with Gasteiger partial charge in [-0.1, -0.05) is 40.2 Å². The summed E-state index contributed by atoms with van der Waals surface area (Å²) in [4.78, 5) is 12.3. The molecule has 0 saturated heterocycles. The van der Waals surface area contributed by atoms with Crippen molar-refractivity contribution in [3.05, 3.63) is 70.3 Å². The van der Waals surface area contributed by atoms with Crippen LogP contribution in [0.25, 0.3) is 11.3 Å². The van der Waals surface area contributed by atoms with Gasteiger partial charge in [0.25, 0.3) is 5.91 Å². The Balaban J connectivity index is 1.62. The van der Waals surface area contributed by atoms with Crippen LogP contribution in [-0.4, -0.2) is 22.7 Å². The number of amides is 1. The van der Waals surface area contributed by atoms with Crippen LogP contribution in [0.1, 0.15) is 16.1 Å². The van der Waals surface area contributed by atoms with Crippen LogP contribution in [0.5, 0.6) is 5.75 Å². The molecule has 3 aromatic rings. The van der Waals surface area contributed by atoms with Gasteiger partial charge in [0.1, 0.15) is 17.5 Å². The zero-order chi connectivity index (χ0) is 18.4. The van der Waals surface area contributed by atoms with E-state index in [2.05, 4.69) is 31.4 Å². The Bertz CT molecular complexity index is 945. The molecular weight excluding hydrogens is 396 g/mol. The summed E-state index contributed by atoms with van der Waals surface area (Å²) in [6, 6.07) is 18.6. The summed E-state index contributed by atoms with van der Waals surface area (Å²) < 4.78 is 6.24. The van der Waals surface area contributed by atoms with Gasteiger partial charge in [-0.15, -0.1) is 0 Å². The molecule has 0 bridgehead atoms. The number of nitriles is 1. The molecule has 1 aromatic heterocycles. The number of rotatable bonds is 6. The third-order valence-corrected chi connectivity index (χ3v) is 4.15. The first-order valence-electron chi connectivity index (χ1n) is 7.84. The number of ether oxygens (including phenoxy) is 1. The number of aromatic amines is 1. The van der Waals surface area contributed by atoms with Gasteiger partial charge in [0.15, 0.2) is 6.61 Å². The molecular formula is C19H15BrN4O2. The minimum Gasteiger partial charge on any atom is -0.479 e. The average Bonchev–Trinajstić information content (AvgIpc) is 3.15. The van der Waals surface area contributed by atoms with Crippen molar-refractivity contribution in [3.8, 4) is 23.1 Å². The van der Waals surface area contributed by atoms with Crippen molar-refractivity contribution < 1.29 is 9.53 Å². The molecule has 0 saturated carbocycles. The van der Waals surface area contributed by atoms with Crippen molar-refractivity contribution in [2.45, 2.75) is 6.54 Å². The molecule has 130 valence electrons. The standard InChI is InChI=1S/C19H15BrN4O2/c20-15-6-4-14(5-7-15)17-11-18(24-23-17)19(25)22-12-13-2-1-3-16(10-13)26-9-8-21/h1-7,10-11H,9,12H2,(H,22,25)(H,23,24). The third-order valence-electron chi connectivity index (χ3n) is 3.62. The van der Waals surface area contributed by atoms with Crippen LogP contribution in [0.2, 0.25) is 0 Å². The van der Waals surface area contributed by atoms with Crippen molar-refractivity contribution in [1.82, 2.24) is 15.5 Å². The summed E-state index contributed by atoms with van der Waals surface area (Å²) in [5, 5.41) is 18.3. The lowest BCUT2D eigenvalue weighted by molar-refractivity contribution is 0.0946. The number of nitrogens with one attached hydrogen (secondary N) is 2. The molecule has 0 radical (unpaired) electrons. The highest BCUT2D eigenvalue weighted by atomic mass is 79.9. The summed E-state index contributed by atoms with van der Waals surface area (Å²) >= 11 is 3.39. The van der Waals surface area contributed by atoms with Gasteiger partial charge in [0.05, 0.1) is 5.69 Å². The number of halogens is 1. The predicted molar refractivity (Wildman–Crippen MR) is 100 cm³/mol. The molecule has 1 amide bonds. The van der Waals surface area contributed by atoms with E-state index < -0.39 is 0 Å². The molecule has 2 N–H and O–H groups in total. The molecule has 3 rings (SSSR count). The lowest BCUT2D eigenvalue weighted by Gasteiger charge is -2.06. The largest absolute Gasteiger partial charge is 0.479 e. The molecule has 2 aromatic carbocycles. The summed E-state index contributed by atoms with van der Waals surface area (Å²) in [6.07, 6.45) is 0. The normalized spacial score (nSPS) is 10.2. The zero-order valence-corrected chi connectivity index (χ0v) is 15.3. The summed E-state index contributed by atoms with van der Waals surface area (Å²) in [5.41, 5.74) is 2.89. The lowest BCUT2D eigenvalue weighted by Crippen LogP contribution is -2.23. The number of H-pyrrole nitrogens is 1. The first-order chi connectivity index (χ1) is 12.7. The summed E-state index contributed by atoms with van der Waals surface area (Å²) in [7, 11) is 0. The van der Waals surface area contributed by atoms with E-state index in [0.717, 1.165) is 15.6 Å². The second kappa shape index (κ2) is 8.32. The number of carbonyl (C=O) groups excluding carboxylic acids is 1. The van der Waals surface area contributed by atoms with Crippen molar-refractivity contribution in [3.63, 3.8) is 0 Å². The highest BCUT2D eigenvalue weighted by Crippen LogP contribution is 2.20. The van der Waals surface area contributed by atoms with Crippen molar-refractivity contribution in [1.29, 1.82) is 5.26 Å². The number of carbonyl (C=O) groups is 1. The van der Waals surface area contributed by atoms with Gasteiger partial charge in [0.2, 0.25) is 0 Å². The van der Waals surface area contributed by atoms with E-state index >= 15 is 0 Å². The Morgan fingerprint density at radius 1 is 1.23 bits per heavy atom. The molecule has 0 fully saturated rings. The van der Waals surface area contributed by atoms with E-state index in [-0.39, 0.29) is 12.5 Å². The lowest BCUT2D eigenvalue weighted by atomic mass is 10.1. The molecule has 0 aliphatic heterocycles. The number of hydrogen-bond acceptors (Lipinski definition) is 4. The van der Waals surface area contributed by atoms with Gasteiger partial charge in [-0.05, 0) is 35.9 Å². The van der Waals surface area contributed by atoms with Gasteiger partial charge < -0.3 is 10.1 Å². The fourth-order valence-corrected chi connectivity index (χ4v) is 2.61. The second-order valence-corrected chi connectivity index (χ2v) is 6.37. The Hall–Kier alpha value is -3.11. The Kier molecular flexibility index (Phi) is 5.66. The topological polar surface area (TPSA) is 90.8 Å². The van der Waals surface area contributed by atoms with Crippen LogP contribution in [0.15, 0.2) is 59.1 Å². The number of aromatic nitrogens is 2. The fourth-order valence-electron chi connectivity index (χ4n) is 2.34. The average molecular weight is 411 g/mol. The number of benzene rings is 2. The number of hydrogen-bond donors (Lipinski definition) is 2. The van der Waals surface area contributed by atoms with Crippen LogP contribution >= 0.6 is 15.9 Å². The molecule has 0 atom stereocenters. The second-order valence-electron chi connectivity index (χ2n) is 5.45. The number of nitrogens with zero attached hydrogens (tertiary/aromatic N) is 2. The van der Waals surface area contributed by atoms with Crippen molar-refractivity contribution in [2.24, 2.45) is 0 Å². The van der Waals surface area contributed by atoms with Crippen LogP contribution in [0.4, 0.5) is 0 Å². The van der Waals surface area contributed by atoms with Crippen LogP contribution < -0.4 is 10.1 Å². The Morgan fingerprint density at radius 3 is 2.81 bits per heavy atom. The zero-order valence-electron chi connectivity index (χ0n) is 13.7. The molecule has 0 aliphatic rings. The van der Waals surface area contributed by atoms with Crippen molar-refractivity contribution in [2.75, 3.05) is 6.61 Å². The van der Waals surface area contributed by atoms with Crippen LogP contribution in [0.3, 0.4) is 0 Å². The van der Waals surface area contributed by atoms with Gasteiger partial charge in [-0.25, -0.2) is 0 Å². The maximum Gasteiger partial charge on any atom is 0.269 e. The van der Waals surface area contributed by atoms with Gasteiger partial charge in [-0.3, -0.25) is 9.89 Å². The molecule has 0 unspecified atom stereocenters. The quantitative estimate of drug-likeness (QED) is 0.648. The molecule has 7 heteroatoms. The minimum atomic E-state index is -0.246. The molecule has 1 heterocycles. The SMILES string of the molecule is N#CCOc1cccc(CNC(=O)c2cc(-c3ccc(Br)cc3)n[nH]2)c1. The maximum atomic E-state index is 12.3. The fraction of sp³-hybridized carbons (Fsp3) is 0.105. The summed E-state index contributed by atoms with van der Waals surface area (Å²) in [5.74, 6) is 0.349. The highest BCUT2D eigenvalue weighted by molar-refractivity contribution is 9.10. The first kappa shape index (κ1) is 17.7. The van der Waals surface area contributed by atoms with E-state index in [1.807, 2.05) is 42.5 Å². The Labute approximate surface area is 158 Å². The van der Waals surface area contributed by atoms with E-state index in [4.69, 9.17) is 10.00 Å². The minimum absolute atomic E-state index is 0.0111. The molecule has 0 spiro atoms. The Morgan fingerprint density at radius 2 is 2.04 bits per heavy atom. The van der Waals surface area contributed by atoms with E-state index in [1.165, 1.54) is 0 Å². The highest BCUT2D eigenvalue weighted by Gasteiger charge is 2.11. The van der Waals surface area contributed by atoms with E-state index in [1.54, 1.807) is 18.2 Å². The van der Waals surface area contributed by atoms with Crippen LogP contribution in [0, 0.1) is 11.3 Å². The molecule has 6 nitrogen and oxygen atoms in total. The van der Waals surface area contributed by atoms with Crippen LogP contribution in [-0.2, 0) is 6.54 Å².